The minimum atomic E-state index is 0.867. The molecule has 0 atom stereocenters. The molecular weight excluding hydrogens is 535 g/mol. The molecule has 0 aliphatic rings. The van der Waals surface area contributed by atoms with Crippen LogP contribution in [0, 0.1) is 13.0 Å². The molecule has 136 valence electrons. The van der Waals surface area contributed by atoms with Gasteiger partial charge in [-0.3, -0.25) is 9.97 Å². The van der Waals surface area contributed by atoms with E-state index >= 15 is 0 Å². The number of hydrogen-bond acceptors (Lipinski definition) is 2. The molecule has 0 bridgehead atoms. The van der Waals surface area contributed by atoms with Gasteiger partial charge in [-0.25, -0.2) is 0 Å². The molecule has 0 N–H and O–H groups in total. The molecule has 0 amide bonds. The van der Waals surface area contributed by atoms with Crippen LogP contribution in [0.4, 0.5) is 0 Å². The van der Waals surface area contributed by atoms with Gasteiger partial charge in [0.15, 0.2) is 0 Å². The molecular formula is C23H17ClN2Pt. The van der Waals surface area contributed by atoms with Gasteiger partial charge in [-0.2, -0.15) is 0 Å². The van der Waals surface area contributed by atoms with Crippen molar-refractivity contribution in [2.24, 2.45) is 0 Å². The van der Waals surface area contributed by atoms with Crippen molar-refractivity contribution in [2.45, 2.75) is 6.92 Å². The van der Waals surface area contributed by atoms with Crippen LogP contribution in [0.3, 0.4) is 0 Å². The van der Waals surface area contributed by atoms with Crippen molar-refractivity contribution in [1.29, 1.82) is 0 Å². The van der Waals surface area contributed by atoms with Crippen LogP contribution < -0.4 is 0 Å². The molecule has 0 unspecified atom stereocenters. The van der Waals surface area contributed by atoms with Crippen LogP contribution in [-0.2, 0) is 18.8 Å². The maximum absolute atomic E-state index is 4.82. The number of rotatable bonds is 3. The molecule has 0 aliphatic carbocycles. The molecule has 2 heterocycles. The SMILES string of the molecule is Cc1ccc(-c2cc(-c3[c-]cccc3)nc(-c3ccccn3)c2)cc1.[Cl][Pt+]. The van der Waals surface area contributed by atoms with Gasteiger partial charge in [-0.15, -0.1) is 35.9 Å². The summed E-state index contributed by atoms with van der Waals surface area (Å²) in [5.41, 5.74) is 7.16. The Hall–Kier alpha value is -2.28. The Morgan fingerprint density at radius 1 is 0.778 bits per heavy atom. The molecule has 0 aliphatic heterocycles. The summed E-state index contributed by atoms with van der Waals surface area (Å²) < 4.78 is 0. The van der Waals surface area contributed by atoms with Crippen LogP contribution in [0.5, 0.6) is 0 Å². The third kappa shape index (κ3) is 4.91. The quantitative estimate of drug-likeness (QED) is 0.280. The zero-order chi connectivity index (χ0) is 19.1. The molecule has 2 aromatic carbocycles. The zero-order valence-corrected chi connectivity index (χ0v) is 17.7. The van der Waals surface area contributed by atoms with E-state index in [0.717, 1.165) is 28.2 Å². The molecule has 4 aromatic rings. The van der Waals surface area contributed by atoms with E-state index in [1.54, 1.807) is 25.0 Å². The van der Waals surface area contributed by atoms with Gasteiger partial charge in [0.25, 0.3) is 0 Å². The first kappa shape index (κ1) is 19.5. The van der Waals surface area contributed by atoms with Crippen LogP contribution in [0.15, 0.2) is 85.1 Å². The first-order chi connectivity index (χ1) is 13.3. The Morgan fingerprint density at radius 3 is 2.19 bits per heavy atom. The van der Waals surface area contributed by atoms with Gasteiger partial charge in [-0.05, 0) is 41.9 Å². The third-order valence-electron chi connectivity index (χ3n) is 4.12. The predicted octanol–water partition coefficient (Wildman–Crippen LogP) is 6.27. The normalized spacial score (nSPS) is 10.1. The molecule has 0 spiro atoms. The number of hydrogen-bond donors (Lipinski definition) is 0. The number of aryl methyl sites for hydroxylation is 1. The number of halogens is 1. The van der Waals surface area contributed by atoms with Gasteiger partial charge in [0.1, 0.15) is 0 Å². The third-order valence-corrected chi connectivity index (χ3v) is 4.12. The molecule has 0 radical (unpaired) electrons. The van der Waals surface area contributed by atoms with E-state index in [4.69, 9.17) is 4.98 Å². The summed E-state index contributed by atoms with van der Waals surface area (Å²) in [4.78, 5) is 9.28. The van der Waals surface area contributed by atoms with Crippen molar-refractivity contribution in [3.8, 4) is 33.8 Å². The molecule has 0 fully saturated rings. The minimum absolute atomic E-state index is 0.867. The average molecular weight is 552 g/mol. The second kappa shape index (κ2) is 9.60. The fourth-order valence-corrected chi connectivity index (χ4v) is 2.78. The van der Waals surface area contributed by atoms with E-state index in [1.165, 1.54) is 11.1 Å². The summed E-state index contributed by atoms with van der Waals surface area (Å²) in [6.07, 6.45) is 1.80. The van der Waals surface area contributed by atoms with E-state index in [0.29, 0.717) is 0 Å². The second-order valence-electron chi connectivity index (χ2n) is 5.98. The molecule has 0 saturated carbocycles. The van der Waals surface area contributed by atoms with Gasteiger partial charge < -0.3 is 0 Å². The summed E-state index contributed by atoms with van der Waals surface area (Å²) >= 11 is 1.61. The number of nitrogens with zero attached hydrogens (tertiary/aromatic N) is 2. The Bertz CT molecular complexity index is 930. The van der Waals surface area contributed by atoms with E-state index in [9.17, 15) is 0 Å². The maximum atomic E-state index is 4.82. The van der Waals surface area contributed by atoms with E-state index in [2.05, 4.69) is 63.8 Å². The molecule has 2 aromatic heterocycles. The topological polar surface area (TPSA) is 25.8 Å². The van der Waals surface area contributed by atoms with Crippen molar-refractivity contribution in [3.63, 3.8) is 0 Å². The molecule has 0 saturated heterocycles. The Morgan fingerprint density at radius 2 is 1.52 bits per heavy atom. The van der Waals surface area contributed by atoms with Crippen molar-refractivity contribution < 1.29 is 18.8 Å². The number of benzene rings is 2. The summed E-state index contributed by atoms with van der Waals surface area (Å²) in [6, 6.07) is 29.8. The monoisotopic (exact) mass is 551 g/mol. The van der Waals surface area contributed by atoms with Gasteiger partial charge in [-0.1, -0.05) is 42.0 Å². The summed E-state index contributed by atoms with van der Waals surface area (Å²) in [5.74, 6) is 0. The van der Waals surface area contributed by atoms with Crippen molar-refractivity contribution in [2.75, 3.05) is 0 Å². The van der Waals surface area contributed by atoms with Crippen LogP contribution >= 0.6 is 9.42 Å². The van der Waals surface area contributed by atoms with Crippen LogP contribution in [0.2, 0.25) is 0 Å². The molecule has 4 heteroatoms. The Kier molecular flexibility index (Phi) is 6.92. The van der Waals surface area contributed by atoms with Crippen LogP contribution in [0.25, 0.3) is 33.8 Å². The summed E-state index contributed by atoms with van der Waals surface area (Å²) in [7, 11) is 4.61. The van der Waals surface area contributed by atoms with E-state index < -0.39 is 0 Å². The second-order valence-corrected chi connectivity index (χ2v) is 5.98. The molecule has 4 rings (SSSR count). The molecule has 2 nitrogen and oxygen atoms in total. The number of aromatic nitrogens is 2. The average Bonchev–Trinajstić information content (AvgIpc) is 2.76. The Balaban J connectivity index is 0.00000102. The van der Waals surface area contributed by atoms with Crippen LogP contribution in [-0.4, -0.2) is 9.97 Å². The van der Waals surface area contributed by atoms with Crippen LogP contribution in [0.1, 0.15) is 5.56 Å². The van der Waals surface area contributed by atoms with Gasteiger partial charge in [0.05, 0.1) is 11.4 Å². The molecule has 27 heavy (non-hydrogen) atoms. The predicted molar refractivity (Wildman–Crippen MR) is 108 cm³/mol. The Labute approximate surface area is 175 Å². The van der Waals surface area contributed by atoms with Crippen molar-refractivity contribution in [1.82, 2.24) is 9.97 Å². The van der Waals surface area contributed by atoms with E-state index in [1.807, 2.05) is 42.5 Å². The van der Waals surface area contributed by atoms with Gasteiger partial charge >= 0.3 is 28.2 Å². The first-order valence-electron chi connectivity index (χ1n) is 8.39. The first-order valence-corrected chi connectivity index (χ1v) is 11.2. The fourth-order valence-electron chi connectivity index (χ4n) is 2.78. The summed E-state index contributed by atoms with van der Waals surface area (Å²) in [5, 5.41) is 0. The summed E-state index contributed by atoms with van der Waals surface area (Å²) in [6.45, 7) is 2.10. The number of pyridine rings is 2. The standard InChI is InChI=1S/C23H17N2.ClH.Pt/c1-17-10-12-18(13-11-17)20-15-22(19-7-3-2-4-8-19)25-23(16-20)21-9-5-6-14-24-21;;/h2-7,9-16H,1H3;1H;/q-1;;+2/p-1. The van der Waals surface area contributed by atoms with Gasteiger partial charge in [0, 0.05) is 6.20 Å². The van der Waals surface area contributed by atoms with Crippen molar-refractivity contribution in [3.05, 3.63) is 96.7 Å². The van der Waals surface area contributed by atoms with Crippen molar-refractivity contribution >= 4 is 9.42 Å². The van der Waals surface area contributed by atoms with E-state index in [-0.39, 0.29) is 0 Å². The van der Waals surface area contributed by atoms with Gasteiger partial charge in [0.2, 0.25) is 0 Å². The fraction of sp³-hybridized carbons (Fsp3) is 0.0435. The zero-order valence-electron chi connectivity index (χ0n) is 14.7.